The normalized spacial score (nSPS) is 19.7. The minimum Gasteiger partial charge on any atom is -0.378 e. The van der Waals surface area contributed by atoms with E-state index in [0.29, 0.717) is 55.4 Å². The van der Waals surface area contributed by atoms with E-state index < -0.39 is 63.6 Å². The molecule has 5 rings (SSSR count). The van der Waals surface area contributed by atoms with Crippen molar-refractivity contribution in [1.82, 2.24) is 14.2 Å². The Labute approximate surface area is 273 Å². The summed E-state index contributed by atoms with van der Waals surface area (Å²) in [5.74, 6) is -2.29. The van der Waals surface area contributed by atoms with E-state index in [0.717, 1.165) is 4.90 Å². The third-order valence-corrected chi connectivity index (χ3v) is 10.5. The highest BCUT2D eigenvalue weighted by molar-refractivity contribution is 7.89. The topological polar surface area (TPSA) is 83.0 Å². The van der Waals surface area contributed by atoms with E-state index in [1.807, 2.05) is 4.90 Å². The number of amides is 1. The first-order valence-electron chi connectivity index (χ1n) is 15.0. The predicted octanol–water partition coefficient (Wildman–Crippen LogP) is 5.86. The lowest BCUT2D eigenvalue weighted by Crippen LogP contribution is -2.47. The summed E-state index contributed by atoms with van der Waals surface area (Å²) in [6.07, 6.45) is -8.87. The maximum Gasteiger partial charge on any atom is 0.416 e. The van der Waals surface area contributed by atoms with Gasteiger partial charge < -0.3 is 14.5 Å². The highest BCUT2D eigenvalue weighted by atomic mass is 32.2. The van der Waals surface area contributed by atoms with E-state index in [2.05, 4.69) is 4.98 Å². The quantitative estimate of drug-likeness (QED) is 0.287. The first kappa shape index (κ1) is 35.5. The van der Waals surface area contributed by atoms with Gasteiger partial charge in [-0.1, -0.05) is 6.07 Å². The van der Waals surface area contributed by atoms with Crippen molar-refractivity contribution in [1.29, 1.82) is 0 Å². The lowest BCUT2D eigenvalue weighted by atomic mass is 9.79. The van der Waals surface area contributed by atoms with Crippen molar-refractivity contribution >= 4 is 21.7 Å². The molecule has 2 aliphatic heterocycles. The third-order valence-electron chi connectivity index (χ3n) is 8.66. The Morgan fingerprint density at radius 2 is 1.60 bits per heavy atom. The largest absolute Gasteiger partial charge is 0.416 e. The van der Waals surface area contributed by atoms with E-state index in [-0.39, 0.29) is 36.0 Å². The van der Waals surface area contributed by atoms with Gasteiger partial charge in [0, 0.05) is 57.8 Å². The maximum atomic E-state index is 14.1. The molecule has 8 nitrogen and oxygen atoms in total. The first-order valence-corrected chi connectivity index (χ1v) is 16.5. The number of carbonyl (C=O) groups is 1. The molecule has 2 unspecified atom stereocenters. The van der Waals surface area contributed by atoms with Crippen LogP contribution in [-0.2, 0) is 38.5 Å². The van der Waals surface area contributed by atoms with Crippen LogP contribution in [0.25, 0.3) is 0 Å². The van der Waals surface area contributed by atoms with Crippen LogP contribution in [0.1, 0.15) is 40.2 Å². The van der Waals surface area contributed by atoms with Gasteiger partial charge in [0.15, 0.2) is 0 Å². The summed E-state index contributed by atoms with van der Waals surface area (Å²) in [7, 11) is -2.85. The smallest absolute Gasteiger partial charge is 0.378 e. The van der Waals surface area contributed by atoms with Gasteiger partial charge in [0.05, 0.1) is 24.3 Å². The van der Waals surface area contributed by atoms with Crippen molar-refractivity contribution in [2.75, 3.05) is 51.3 Å². The number of sulfonamides is 1. The first-order chi connectivity index (χ1) is 22.4. The summed E-state index contributed by atoms with van der Waals surface area (Å²) in [6, 6.07) is 8.06. The van der Waals surface area contributed by atoms with Crippen LogP contribution in [0.15, 0.2) is 59.6 Å². The van der Waals surface area contributed by atoms with E-state index in [4.69, 9.17) is 4.74 Å². The zero-order valence-corrected chi connectivity index (χ0v) is 26.8. The molecular weight excluding hydrogens is 669 g/mol. The van der Waals surface area contributed by atoms with E-state index >= 15 is 0 Å². The summed E-state index contributed by atoms with van der Waals surface area (Å²) >= 11 is 0. The fourth-order valence-corrected chi connectivity index (χ4v) is 7.63. The molecular formula is C32H33F7N4O4S. The summed E-state index contributed by atoms with van der Waals surface area (Å²) in [5, 5.41) is 0. The van der Waals surface area contributed by atoms with E-state index in [9.17, 15) is 43.9 Å². The monoisotopic (exact) mass is 702 g/mol. The van der Waals surface area contributed by atoms with Crippen LogP contribution in [0, 0.1) is 18.7 Å². The number of hydrogen-bond acceptors (Lipinski definition) is 6. The number of rotatable bonds is 7. The van der Waals surface area contributed by atoms with Crippen LogP contribution in [0.5, 0.6) is 0 Å². The molecule has 2 fully saturated rings. The number of ether oxygens (including phenoxy) is 1. The molecule has 2 aliphatic rings. The average molecular weight is 703 g/mol. The van der Waals surface area contributed by atoms with Crippen molar-refractivity contribution < 1.29 is 48.7 Å². The third kappa shape index (κ3) is 7.76. The number of anilines is 1. The number of piperidine rings is 1. The number of pyridine rings is 1. The summed E-state index contributed by atoms with van der Waals surface area (Å²) in [6.45, 7) is 2.98. The number of halogens is 7. The highest BCUT2D eigenvalue weighted by Crippen LogP contribution is 2.39. The minimum atomic E-state index is -5.06. The Morgan fingerprint density at radius 1 is 0.958 bits per heavy atom. The van der Waals surface area contributed by atoms with Gasteiger partial charge in [0.2, 0.25) is 15.9 Å². The van der Waals surface area contributed by atoms with Crippen molar-refractivity contribution in [3.05, 3.63) is 88.4 Å². The Balaban J connectivity index is 1.41. The summed E-state index contributed by atoms with van der Waals surface area (Å²) in [5.41, 5.74) is -2.44. The molecule has 0 spiro atoms. The van der Waals surface area contributed by atoms with Crippen molar-refractivity contribution in [3.63, 3.8) is 0 Å². The van der Waals surface area contributed by atoms with Gasteiger partial charge in [-0.15, -0.1) is 0 Å². The number of nitrogens with zero attached hydrogens (tertiary/aromatic N) is 4. The zero-order valence-electron chi connectivity index (χ0n) is 26.0. The van der Waals surface area contributed by atoms with Crippen molar-refractivity contribution in [2.45, 2.75) is 43.1 Å². The molecule has 260 valence electrons. The fraction of sp³-hybridized carbons (Fsp3) is 0.438. The van der Waals surface area contributed by atoms with Gasteiger partial charge in [-0.2, -0.15) is 30.6 Å². The molecule has 1 aromatic heterocycles. The van der Waals surface area contributed by atoms with Crippen LogP contribution in [0.2, 0.25) is 0 Å². The van der Waals surface area contributed by atoms with Crippen LogP contribution in [0.4, 0.5) is 36.6 Å². The molecule has 0 aliphatic carbocycles. The molecule has 0 saturated carbocycles. The van der Waals surface area contributed by atoms with Crippen molar-refractivity contribution in [2.24, 2.45) is 5.92 Å². The van der Waals surface area contributed by atoms with Gasteiger partial charge in [0.1, 0.15) is 16.5 Å². The Bertz CT molecular complexity index is 1710. The minimum absolute atomic E-state index is 0.0143. The predicted molar refractivity (Wildman–Crippen MR) is 161 cm³/mol. The maximum absolute atomic E-state index is 14.1. The molecule has 3 heterocycles. The second-order valence-electron chi connectivity index (χ2n) is 11.9. The van der Waals surface area contributed by atoms with Crippen LogP contribution in [-0.4, -0.2) is 75.0 Å². The number of aryl methyl sites for hydroxylation is 1. The SMILES string of the molecule is Cc1cc(F)ccc1C1CN(S(=O)(=O)c2ccc(N3CCOCC3)nc2)CCC1C(=O)N(C)Cc1cc(C(F)(F)F)cc(C(F)(F)F)c1. The van der Waals surface area contributed by atoms with Gasteiger partial charge >= 0.3 is 12.4 Å². The Hall–Kier alpha value is -3.76. The molecule has 1 amide bonds. The molecule has 0 N–H and O–H groups in total. The molecule has 2 aromatic carbocycles. The molecule has 0 bridgehead atoms. The zero-order chi connectivity index (χ0) is 35.0. The molecule has 3 aromatic rings. The lowest BCUT2D eigenvalue weighted by molar-refractivity contribution is -0.143. The Morgan fingerprint density at radius 3 is 2.17 bits per heavy atom. The molecule has 16 heteroatoms. The van der Waals surface area contributed by atoms with Crippen LogP contribution >= 0.6 is 0 Å². The van der Waals surface area contributed by atoms with Gasteiger partial charge in [-0.25, -0.2) is 17.8 Å². The summed E-state index contributed by atoms with van der Waals surface area (Å²) < 4.78 is 129. The fourth-order valence-electron chi connectivity index (χ4n) is 6.21. The average Bonchev–Trinajstić information content (AvgIpc) is 3.03. The molecule has 48 heavy (non-hydrogen) atoms. The number of aromatic nitrogens is 1. The van der Waals surface area contributed by atoms with Crippen molar-refractivity contribution in [3.8, 4) is 0 Å². The number of hydrogen-bond donors (Lipinski definition) is 0. The van der Waals surface area contributed by atoms with Gasteiger partial charge in [-0.05, 0) is 72.5 Å². The second kappa shape index (κ2) is 13.6. The number of morpholine rings is 1. The van der Waals surface area contributed by atoms with E-state index in [1.54, 1.807) is 13.0 Å². The summed E-state index contributed by atoms with van der Waals surface area (Å²) in [4.78, 5) is 21.1. The molecule has 0 radical (unpaired) electrons. The van der Waals surface area contributed by atoms with Gasteiger partial charge in [-0.3, -0.25) is 4.79 Å². The van der Waals surface area contributed by atoms with Gasteiger partial charge in [0.25, 0.3) is 0 Å². The molecule has 2 atom stereocenters. The number of carbonyl (C=O) groups excluding carboxylic acids is 1. The highest BCUT2D eigenvalue weighted by Gasteiger charge is 2.42. The van der Waals surface area contributed by atoms with Crippen LogP contribution < -0.4 is 4.90 Å². The standard InChI is InChI=1S/C32H33F7N4O4S/c1-20-13-24(33)3-5-26(20)28-19-43(48(45,46)25-4-6-29(40-17-25)42-9-11-47-12-10-42)8-7-27(28)30(44)41(2)18-21-14-22(31(34,35)36)16-23(15-21)32(37,38)39/h3-6,13-17,27-28H,7-12,18-19H2,1-2H3. The Kier molecular flexibility index (Phi) is 10.1. The molecule has 2 saturated heterocycles. The number of benzene rings is 2. The lowest BCUT2D eigenvalue weighted by Gasteiger charge is -2.39. The van der Waals surface area contributed by atoms with E-state index in [1.165, 1.54) is 41.8 Å². The second-order valence-corrected chi connectivity index (χ2v) is 13.9. The number of alkyl halides is 6. The van der Waals surface area contributed by atoms with Crippen LogP contribution in [0.3, 0.4) is 0 Å².